The van der Waals surface area contributed by atoms with Crippen LogP contribution in [0.25, 0.3) is 0 Å². The molecule has 0 aliphatic rings. The van der Waals surface area contributed by atoms with Crippen molar-refractivity contribution in [2.75, 3.05) is 11.1 Å². The molecule has 3 nitrogen and oxygen atoms in total. The fraction of sp³-hybridized carbons (Fsp3) is 0.538. The molecular formula is C13H20BrNO2S. The van der Waals surface area contributed by atoms with E-state index in [1.807, 2.05) is 44.2 Å². The van der Waals surface area contributed by atoms with Crippen LogP contribution in [0.2, 0.25) is 0 Å². The lowest BCUT2D eigenvalue weighted by Crippen LogP contribution is -2.39. The first-order valence-electron chi connectivity index (χ1n) is 6.03. The summed E-state index contributed by atoms with van der Waals surface area (Å²) in [5.74, 6) is 0.306. The second-order valence-electron chi connectivity index (χ2n) is 4.83. The highest BCUT2D eigenvalue weighted by atomic mass is 79.9. The number of alkyl halides is 1. The molecule has 102 valence electrons. The van der Waals surface area contributed by atoms with Crippen molar-refractivity contribution < 1.29 is 8.42 Å². The quantitative estimate of drug-likeness (QED) is 0.779. The summed E-state index contributed by atoms with van der Waals surface area (Å²) in [6.45, 7) is 3.80. The van der Waals surface area contributed by atoms with Crippen LogP contribution in [0.15, 0.2) is 30.3 Å². The molecule has 1 unspecified atom stereocenters. The Morgan fingerprint density at radius 2 is 1.83 bits per heavy atom. The Morgan fingerprint density at radius 3 is 2.33 bits per heavy atom. The Kier molecular flexibility index (Phi) is 6.32. The van der Waals surface area contributed by atoms with Crippen molar-refractivity contribution >= 4 is 26.0 Å². The van der Waals surface area contributed by atoms with Crippen molar-refractivity contribution in [2.24, 2.45) is 5.92 Å². The molecule has 0 saturated heterocycles. The zero-order valence-corrected chi connectivity index (χ0v) is 13.2. The first-order chi connectivity index (χ1) is 8.43. The van der Waals surface area contributed by atoms with E-state index >= 15 is 0 Å². The highest BCUT2D eigenvalue weighted by molar-refractivity contribution is 9.09. The topological polar surface area (TPSA) is 46.2 Å². The molecule has 1 N–H and O–H groups in total. The number of hydrogen-bond donors (Lipinski definition) is 1. The zero-order chi connectivity index (χ0) is 13.6. The van der Waals surface area contributed by atoms with Crippen molar-refractivity contribution in [2.45, 2.75) is 26.3 Å². The summed E-state index contributed by atoms with van der Waals surface area (Å²) in [5.41, 5.74) is 1.13. The van der Waals surface area contributed by atoms with Gasteiger partial charge in [0.15, 0.2) is 0 Å². The minimum atomic E-state index is -3.19. The fourth-order valence-electron chi connectivity index (χ4n) is 1.77. The van der Waals surface area contributed by atoms with Crippen LogP contribution < -0.4 is 4.72 Å². The van der Waals surface area contributed by atoms with Crippen LogP contribution in [0, 0.1) is 5.92 Å². The van der Waals surface area contributed by atoms with Gasteiger partial charge in [0.2, 0.25) is 10.0 Å². The number of sulfonamides is 1. The third-order valence-corrected chi connectivity index (χ3v) is 4.99. The monoisotopic (exact) mass is 333 g/mol. The predicted molar refractivity (Wildman–Crippen MR) is 79.5 cm³/mol. The van der Waals surface area contributed by atoms with E-state index in [-0.39, 0.29) is 17.7 Å². The van der Waals surface area contributed by atoms with Gasteiger partial charge < -0.3 is 0 Å². The summed E-state index contributed by atoms with van der Waals surface area (Å²) in [6, 6.07) is 9.79. The van der Waals surface area contributed by atoms with E-state index in [0.29, 0.717) is 11.8 Å². The van der Waals surface area contributed by atoms with Gasteiger partial charge in [-0.1, -0.05) is 60.1 Å². The summed E-state index contributed by atoms with van der Waals surface area (Å²) in [4.78, 5) is 0. The third-order valence-electron chi connectivity index (χ3n) is 2.41. The van der Waals surface area contributed by atoms with Crippen molar-refractivity contribution in [3.63, 3.8) is 0 Å². The normalized spacial score (nSPS) is 13.8. The van der Waals surface area contributed by atoms with E-state index < -0.39 is 10.0 Å². The van der Waals surface area contributed by atoms with E-state index in [1.54, 1.807) is 0 Å². The van der Waals surface area contributed by atoms with Gasteiger partial charge in [-0.15, -0.1) is 0 Å². The molecule has 1 aromatic rings. The van der Waals surface area contributed by atoms with Crippen molar-refractivity contribution in [1.82, 2.24) is 4.72 Å². The van der Waals surface area contributed by atoms with Gasteiger partial charge in [0.1, 0.15) is 0 Å². The van der Waals surface area contributed by atoms with Gasteiger partial charge in [0.25, 0.3) is 0 Å². The van der Waals surface area contributed by atoms with Crippen LogP contribution in [0.4, 0.5) is 0 Å². The van der Waals surface area contributed by atoms with Gasteiger partial charge in [-0.2, -0.15) is 0 Å². The summed E-state index contributed by atoms with van der Waals surface area (Å²) in [6.07, 6.45) is 0.698. The Morgan fingerprint density at radius 1 is 1.22 bits per heavy atom. The molecule has 0 aliphatic carbocycles. The van der Waals surface area contributed by atoms with Crippen LogP contribution in [0.1, 0.15) is 19.4 Å². The molecule has 18 heavy (non-hydrogen) atoms. The minimum Gasteiger partial charge on any atom is -0.212 e. The average Bonchev–Trinajstić information content (AvgIpc) is 2.27. The van der Waals surface area contributed by atoms with Crippen molar-refractivity contribution in [3.05, 3.63) is 35.9 Å². The molecule has 0 bridgehead atoms. The van der Waals surface area contributed by atoms with Crippen LogP contribution in [0.3, 0.4) is 0 Å². The lowest BCUT2D eigenvalue weighted by molar-refractivity contribution is 0.551. The van der Waals surface area contributed by atoms with E-state index in [1.165, 1.54) is 0 Å². The van der Waals surface area contributed by atoms with Crippen LogP contribution >= 0.6 is 15.9 Å². The molecule has 0 radical (unpaired) electrons. The molecule has 1 atom stereocenters. The van der Waals surface area contributed by atoms with Crippen molar-refractivity contribution in [3.8, 4) is 0 Å². The number of benzene rings is 1. The smallest absolute Gasteiger partial charge is 0.212 e. The second-order valence-corrected chi connectivity index (χ2v) is 7.28. The molecular weight excluding hydrogens is 314 g/mol. The summed E-state index contributed by atoms with van der Waals surface area (Å²) in [5, 5.41) is 0.610. The summed E-state index contributed by atoms with van der Waals surface area (Å²) >= 11 is 3.37. The lowest BCUT2D eigenvalue weighted by atomic mass is 10.1. The standard InChI is InChI=1S/C13H20BrNO2S/c1-11(2)10-18(16,17)15-13(9-14)8-12-6-4-3-5-7-12/h3-7,11,13,15H,8-10H2,1-2H3. The van der Waals surface area contributed by atoms with E-state index in [9.17, 15) is 8.42 Å². The predicted octanol–water partition coefficient (Wildman–Crippen LogP) is 2.57. The number of hydrogen-bond acceptors (Lipinski definition) is 2. The molecule has 5 heteroatoms. The van der Waals surface area contributed by atoms with E-state index in [0.717, 1.165) is 5.56 Å². The van der Waals surface area contributed by atoms with E-state index in [4.69, 9.17) is 0 Å². The van der Waals surface area contributed by atoms with Crippen LogP contribution in [-0.4, -0.2) is 25.5 Å². The fourth-order valence-corrected chi connectivity index (χ4v) is 4.02. The molecule has 0 spiro atoms. The van der Waals surface area contributed by atoms with Crippen LogP contribution in [0.5, 0.6) is 0 Å². The molecule has 0 saturated carbocycles. The number of rotatable bonds is 7. The Bertz CT molecular complexity index is 445. The number of halogens is 1. The first-order valence-corrected chi connectivity index (χ1v) is 8.80. The molecule has 1 rings (SSSR count). The van der Waals surface area contributed by atoms with Crippen molar-refractivity contribution in [1.29, 1.82) is 0 Å². The van der Waals surface area contributed by atoms with Gasteiger partial charge in [-0.05, 0) is 17.9 Å². The summed E-state index contributed by atoms with van der Waals surface area (Å²) < 4.78 is 26.5. The lowest BCUT2D eigenvalue weighted by Gasteiger charge is -2.17. The van der Waals surface area contributed by atoms with Gasteiger partial charge in [0.05, 0.1) is 5.75 Å². The molecule has 0 aliphatic heterocycles. The van der Waals surface area contributed by atoms with Gasteiger partial charge in [-0.25, -0.2) is 13.1 Å². The average molecular weight is 334 g/mol. The van der Waals surface area contributed by atoms with Gasteiger partial charge in [0, 0.05) is 11.4 Å². The maximum atomic E-state index is 11.9. The Labute approximate surface area is 118 Å². The molecule has 0 amide bonds. The molecule has 0 aromatic heterocycles. The third kappa shape index (κ3) is 5.98. The maximum Gasteiger partial charge on any atom is 0.212 e. The number of nitrogens with one attached hydrogen (secondary N) is 1. The highest BCUT2D eigenvalue weighted by Gasteiger charge is 2.18. The second kappa shape index (κ2) is 7.26. The first kappa shape index (κ1) is 15.7. The minimum absolute atomic E-state index is 0.101. The van der Waals surface area contributed by atoms with Crippen LogP contribution in [-0.2, 0) is 16.4 Å². The molecule has 1 aromatic carbocycles. The largest absolute Gasteiger partial charge is 0.212 e. The highest BCUT2D eigenvalue weighted by Crippen LogP contribution is 2.07. The molecule has 0 fully saturated rings. The molecule has 0 heterocycles. The van der Waals surface area contributed by atoms with E-state index in [2.05, 4.69) is 20.7 Å². The maximum absolute atomic E-state index is 11.9. The SMILES string of the molecule is CC(C)CS(=O)(=O)NC(CBr)Cc1ccccc1. The Balaban J connectivity index is 2.63. The summed E-state index contributed by atoms with van der Waals surface area (Å²) in [7, 11) is -3.19. The zero-order valence-electron chi connectivity index (χ0n) is 10.8. The van der Waals surface area contributed by atoms with Gasteiger partial charge in [-0.3, -0.25) is 0 Å². The van der Waals surface area contributed by atoms with Gasteiger partial charge >= 0.3 is 0 Å². The Hall–Kier alpha value is -0.390.